The van der Waals surface area contributed by atoms with Gasteiger partial charge in [0.25, 0.3) is 40.5 Å². The molecule has 9 rings (SSSR count). The number of hydrogen-bond acceptors (Lipinski definition) is 10. The molecule has 442 valence electrons. The Morgan fingerprint density at radius 3 is 0.810 bits per heavy atom. The van der Waals surface area contributed by atoms with Crippen molar-refractivity contribution < 1.29 is 140 Å². The van der Waals surface area contributed by atoms with Gasteiger partial charge in [0.2, 0.25) is 23.3 Å². The molecule has 4 aromatic carbocycles. The molecule has 2 aliphatic heterocycles. The highest BCUT2D eigenvalue weighted by Gasteiger charge is 2.41. The standard InChI is InChI=1S/C44H10F20N4O12S4/c45-21-17(22(46)30(54)37(61)29(21)53)13-5-1-9(81(69,70)71)41(65-5)14(18-23(47)31(55)38(62)32(56)24(18)48)6-2-11(83(75,76)77)43(67-6)16(20-27(51)35(59)40(64)36(60)28(20)52)8-4-12(84(78,79)80)44(68-8)15(7-3-10(42(13)66-7)82(72,73)74)19-25(49)33(57)39(63)34(58)26(19)50/h1-4,65-66H,(H,69,70,71)(H,72,73,74)(H,75,76,77)(H,78,79,80). The molecule has 0 unspecified atom stereocenters. The smallest absolute Gasteiger partial charge is 0.296 e. The molecule has 40 heteroatoms. The third-order valence-corrected chi connectivity index (χ3v) is 15.5. The SMILES string of the molecule is O=S(=O)(O)C1=Cc2nc1c(-c1c(F)c(F)c(F)c(F)c1F)c1nc(c(-c3c(F)c(F)c(F)c(F)c3F)c3cc(S(=O)(=O)O)c([nH]3)c(-c3c(F)c(F)c(F)c(F)c3F)c3cc(S(=O)(=O)O)c([nH]3)c2-c2c(F)c(F)c(F)c(F)c2F)C(S(=O)(=O)O)=C1. The van der Waals surface area contributed by atoms with E-state index in [1.54, 1.807) is 0 Å². The normalized spacial score (nSPS) is 13.3. The Balaban J connectivity index is 1.84. The number of H-pyrrole nitrogens is 2. The van der Waals surface area contributed by atoms with Gasteiger partial charge in [-0.3, -0.25) is 18.2 Å². The highest BCUT2D eigenvalue weighted by molar-refractivity contribution is 7.96. The number of rotatable bonds is 8. The minimum Gasteiger partial charge on any atom is -0.353 e. The minimum absolute atomic E-state index is 0.522. The van der Waals surface area contributed by atoms with E-state index in [4.69, 9.17) is 0 Å². The zero-order valence-corrected chi connectivity index (χ0v) is 41.7. The van der Waals surface area contributed by atoms with Crippen molar-refractivity contribution in [3.8, 4) is 44.5 Å². The molecule has 6 N–H and O–H groups in total. The Hall–Kier alpha value is -8.28. The van der Waals surface area contributed by atoms with Gasteiger partial charge in [0.15, 0.2) is 93.1 Å². The predicted molar refractivity (Wildman–Crippen MR) is 240 cm³/mol. The highest BCUT2D eigenvalue weighted by Crippen LogP contribution is 2.49. The number of aromatic nitrogens is 4. The maximum Gasteiger partial charge on any atom is 0.296 e. The largest absolute Gasteiger partial charge is 0.353 e. The first-order valence-electron chi connectivity index (χ1n) is 20.9. The van der Waals surface area contributed by atoms with Gasteiger partial charge in [0, 0.05) is 22.3 Å². The van der Waals surface area contributed by atoms with Crippen molar-refractivity contribution in [3.63, 3.8) is 0 Å². The van der Waals surface area contributed by atoms with E-state index < -0.39 is 290 Å². The number of fused-ring (bicyclic) bond motifs is 8. The molecule has 8 bridgehead atoms. The van der Waals surface area contributed by atoms with Crippen LogP contribution in [0.25, 0.3) is 88.5 Å². The number of nitrogens with zero attached hydrogens (tertiary/aromatic N) is 2. The maximum atomic E-state index is 16.3. The maximum absolute atomic E-state index is 16.3. The summed E-state index contributed by atoms with van der Waals surface area (Å²) in [6, 6.07) is -1.05. The van der Waals surface area contributed by atoms with Crippen LogP contribution >= 0.6 is 0 Å². The lowest BCUT2D eigenvalue weighted by molar-refractivity contribution is 0.381. The Morgan fingerprint density at radius 2 is 0.512 bits per heavy atom. The lowest BCUT2D eigenvalue weighted by atomic mass is 9.99. The molecule has 0 fully saturated rings. The third kappa shape index (κ3) is 9.04. The van der Waals surface area contributed by atoms with Crippen molar-refractivity contribution in [2.45, 2.75) is 9.79 Å². The van der Waals surface area contributed by atoms with Crippen LogP contribution in [0.1, 0.15) is 22.8 Å². The van der Waals surface area contributed by atoms with Gasteiger partial charge in [-0.25, -0.2) is 97.8 Å². The van der Waals surface area contributed by atoms with E-state index in [9.17, 15) is 69.4 Å². The van der Waals surface area contributed by atoms with E-state index in [0.29, 0.717) is 0 Å². The summed E-state index contributed by atoms with van der Waals surface area (Å²) in [7, 11) is -26.7. The van der Waals surface area contributed by atoms with Gasteiger partial charge >= 0.3 is 0 Å². The quantitative estimate of drug-likeness (QED) is 0.0357. The van der Waals surface area contributed by atoms with Crippen molar-refractivity contribution in [1.29, 1.82) is 0 Å². The highest BCUT2D eigenvalue weighted by atomic mass is 32.2. The zero-order chi connectivity index (χ0) is 62.8. The van der Waals surface area contributed by atoms with Crippen molar-refractivity contribution in [2.24, 2.45) is 0 Å². The molecular formula is C44H10F20N4O12S4. The Morgan fingerprint density at radius 1 is 0.286 bits per heavy atom. The lowest BCUT2D eigenvalue weighted by Gasteiger charge is -2.12. The fourth-order valence-electron chi connectivity index (χ4n) is 8.55. The van der Waals surface area contributed by atoms with E-state index >= 15 is 70.2 Å². The van der Waals surface area contributed by atoms with Gasteiger partial charge in [-0.1, -0.05) is 0 Å². The van der Waals surface area contributed by atoms with Gasteiger partial charge in [0.1, 0.15) is 19.6 Å². The first-order chi connectivity index (χ1) is 38.6. The molecule has 0 radical (unpaired) electrons. The van der Waals surface area contributed by atoms with Gasteiger partial charge in [-0.2, -0.15) is 33.7 Å². The zero-order valence-electron chi connectivity index (χ0n) is 38.5. The van der Waals surface area contributed by atoms with Gasteiger partial charge in [-0.15, -0.1) is 0 Å². The van der Waals surface area contributed by atoms with Crippen LogP contribution < -0.4 is 0 Å². The van der Waals surface area contributed by atoms with Crippen LogP contribution in [0.4, 0.5) is 87.8 Å². The Bertz CT molecular complexity index is 4920. The van der Waals surface area contributed by atoms with Crippen molar-refractivity contribution >= 4 is 84.5 Å². The summed E-state index contributed by atoms with van der Waals surface area (Å²) in [4.78, 5) is -0.143. The van der Waals surface area contributed by atoms with Crippen LogP contribution in [0.2, 0.25) is 0 Å². The molecule has 7 aromatic rings. The number of aromatic amines is 2. The molecule has 0 amide bonds. The number of hydrogen-bond donors (Lipinski definition) is 6. The van der Waals surface area contributed by atoms with Crippen LogP contribution in [0, 0.1) is 116 Å². The summed E-state index contributed by atoms with van der Waals surface area (Å²) in [6.07, 6.45) is -1.15. The number of nitrogens with one attached hydrogen (secondary N) is 2. The second-order valence-electron chi connectivity index (χ2n) is 16.7. The Kier molecular flexibility index (Phi) is 14.1. The molecule has 3 aromatic heterocycles. The van der Waals surface area contributed by atoms with Crippen LogP contribution in [-0.4, -0.2) is 71.8 Å². The van der Waals surface area contributed by atoms with Gasteiger partial charge < -0.3 is 9.97 Å². The van der Waals surface area contributed by atoms with Crippen molar-refractivity contribution in [3.05, 3.63) is 151 Å². The van der Waals surface area contributed by atoms with E-state index in [0.717, 1.165) is 0 Å². The molecule has 0 saturated heterocycles. The third-order valence-electron chi connectivity index (χ3n) is 12.0. The fourth-order valence-corrected chi connectivity index (χ4v) is 11.2. The molecule has 0 spiro atoms. The molecular weight excluding hydrogens is 1280 g/mol. The van der Waals surface area contributed by atoms with Crippen molar-refractivity contribution in [1.82, 2.24) is 19.9 Å². The second kappa shape index (κ2) is 19.7. The van der Waals surface area contributed by atoms with Crippen LogP contribution in [-0.2, 0) is 40.5 Å². The molecule has 5 heterocycles. The number of halogens is 20. The topological polar surface area (TPSA) is 275 Å². The summed E-state index contributed by atoms with van der Waals surface area (Å²) in [5.41, 5.74) is -38.9. The molecule has 84 heavy (non-hydrogen) atoms. The first kappa shape index (κ1) is 60.3. The Labute approximate surface area is 448 Å². The van der Waals surface area contributed by atoms with Crippen molar-refractivity contribution in [2.75, 3.05) is 0 Å². The molecule has 0 atom stereocenters. The molecule has 0 aliphatic carbocycles. The summed E-state index contributed by atoms with van der Waals surface area (Å²) >= 11 is 0. The van der Waals surface area contributed by atoms with E-state index in [2.05, 4.69) is 9.97 Å². The van der Waals surface area contributed by atoms with Gasteiger partial charge in [0.05, 0.1) is 67.1 Å². The van der Waals surface area contributed by atoms with Gasteiger partial charge in [-0.05, 0) is 24.3 Å². The van der Waals surface area contributed by atoms with E-state index in [1.807, 2.05) is 0 Å². The summed E-state index contributed by atoms with van der Waals surface area (Å²) in [6.45, 7) is 0. The number of benzene rings is 4. The van der Waals surface area contributed by atoms with Crippen LogP contribution in [0.3, 0.4) is 0 Å². The van der Waals surface area contributed by atoms with E-state index in [-0.39, 0.29) is 0 Å². The van der Waals surface area contributed by atoms with E-state index in [1.165, 1.54) is 9.97 Å². The fraction of sp³-hybridized carbons (Fsp3) is 0. The summed E-state index contributed by atoms with van der Waals surface area (Å²) < 4.78 is 462. The van der Waals surface area contributed by atoms with Crippen LogP contribution in [0.5, 0.6) is 0 Å². The van der Waals surface area contributed by atoms with Crippen LogP contribution in [0.15, 0.2) is 21.9 Å². The predicted octanol–water partition coefficient (Wildman–Crippen LogP) is 11.0. The average Bonchev–Trinajstić information content (AvgIpc) is 1.77. The monoisotopic (exact) mass is 1290 g/mol. The molecule has 16 nitrogen and oxygen atoms in total. The second-order valence-corrected chi connectivity index (χ2v) is 22.3. The summed E-state index contributed by atoms with van der Waals surface area (Å²) in [5, 5.41) is 0. The summed E-state index contributed by atoms with van der Waals surface area (Å²) in [5.74, 6) is -64.4. The molecule has 2 aliphatic rings. The first-order valence-corrected chi connectivity index (χ1v) is 26.6. The average molecular weight is 1290 g/mol. The lowest BCUT2D eigenvalue weighted by Crippen LogP contribution is -2.08. The minimum atomic E-state index is -6.70. The molecule has 0 saturated carbocycles.